The third-order valence-electron chi connectivity index (χ3n) is 5.60. The van der Waals surface area contributed by atoms with Crippen LogP contribution in [0, 0.1) is 6.92 Å². The minimum atomic E-state index is -0.210. The third-order valence-corrected chi connectivity index (χ3v) is 5.60. The molecule has 0 saturated heterocycles. The standard InChI is InChI=1S/C22H25NO3/c1-14-19(12-21(24)25-2)22(18-5-3-4-6-20(18)23-14)16-7-8-17-13-26-10-9-15(17)11-16/h7-8,11H,3-6,9-10,12-13H2,1-2H3. The van der Waals surface area contributed by atoms with Gasteiger partial charge in [0.05, 0.1) is 26.7 Å². The third kappa shape index (κ3) is 3.14. The van der Waals surface area contributed by atoms with Crippen molar-refractivity contribution in [2.45, 2.75) is 52.1 Å². The van der Waals surface area contributed by atoms with Gasteiger partial charge in [-0.25, -0.2) is 0 Å². The largest absolute Gasteiger partial charge is 0.469 e. The van der Waals surface area contributed by atoms with Crippen molar-refractivity contribution in [3.63, 3.8) is 0 Å². The minimum absolute atomic E-state index is 0.210. The number of hydrogen-bond acceptors (Lipinski definition) is 4. The number of hydrogen-bond donors (Lipinski definition) is 0. The Morgan fingerprint density at radius 1 is 1.19 bits per heavy atom. The number of rotatable bonds is 3. The van der Waals surface area contributed by atoms with Gasteiger partial charge in [0.25, 0.3) is 0 Å². The zero-order valence-electron chi connectivity index (χ0n) is 15.6. The molecular weight excluding hydrogens is 326 g/mol. The molecule has 0 spiro atoms. The Labute approximate surface area is 154 Å². The second-order valence-electron chi connectivity index (χ2n) is 7.22. The maximum absolute atomic E-state index is 12.1. The average Bonchev–Trinajstić information content (AvgIpc) is 2.68. The van der Waals surface area contributed by atoms with Crippen LogP contribution < -0.4 is 0 Å². The lowest BCUT2D eigenvalue weighted by molar-refractivity contribution is -0.139. The van der Waals surface area contributed by atoms with E-state index in [0.717, 1.165) is 37.1 Å². The van der Waals surface area contributed by atoms with Crippen molar-refractivity contribution in [2.24, 2.45) is 0 Å². The van der Waals surface area contributed by atoms with E-state index in [9.17, 15) is 4.79 Å². The van der Waals surface area contributed by atoms with Crippen LogP contribution in [-0.2, 0) is 46.6 Å². The highest BCUT2D eigenvalue weighted by atomic mass is 16.5. The first kappa shape index (κ1) is 17.2. The Bertz CT molecular complexity index is 857. The number of benzene rings is 1. The number of ether oxygens (including phenoxy) is 2. The lowest BCUT2D eigenvalue weighted by atomic mass is 9.84. The van der Waals surface area contributed by atoms with E-state index >= 15 is 0 Å². The molecule has 0 atom stereocenters. The second-order valence-corrected chi connectivity index (χ2v) is 7.22. The Hall–Kier alpha value is -2.20. The fourth-order valence-electron chi connectivity index (χ4n) is 4.22. The smallest absolute Gasteiger partial charge is 0.310 e. The summed E-state index contributed by atoms with van der Waals surface area (Å²) in [6.45, 7) is 3.49. The molecule has 4 nitrogen and oxygen atoms in total. The molecule has 2 aliphatic rings. The zero-order chi connectivity index (χ0) is 18.1. The Morgan fingerprint density at radius 2 is 2.04 bits per heavy atom. The summed E-state index contributed by atoms with van der Waals surface area (Å²) in [7, 11) is 1.45. The molecule has 4 heteroatoms. The number of nitrogens with zero attached hydrogens (tertiary/aromatic N) is 1. The first-order chi connectivity index (χ1) is 12.7. The highest BCUT2D eigenvalue weighted by molar-refractivity contribution is 5.81. The van der Waals surface area contributed by atoms with Gasteiger partial charge in [0.2, 0.25) is 0 Å². The molecule has 4 rings (SSSR count). The number of methoxy groups -OCH3 is 1. The number of aromatic nitrogens is 1. The molecule has 1 aliphatic carbocycles. The molecule has 0 saturated carbocycles. The monoisotopic (exact) mass is 351 g/mol. The first-order valence-corrected chi connectivity index (χ1v) is 9.45. The molecule has 0 unspecified atom stereocenters. The van der Waals surface area contributed by atoms with Crippen molar-refractivity contribution in [2.75, 3.05) is 13.7 Å². The Balaban J connectivity index is 1.90. The van der Waals surface area contributed by atoms with Crippen LogP contribution in [0.15, 0.2) is 18.2 Å². The number of fused-ring (bicyclic) bond motifs is 2. The number of carbonyl (C=O) groups is 1. The van der Waals surface area contributed by atoms with Gasteiger partial charge in [-0.1, -0.05) is 18.2 Å². The number of aryl methyl sites for hydroxylation is 2. The van der Waals surface area contributed by atoms with Gasteiger partial charge in [-0.2, -0.15) is 0 Å². The van der Waals surface area contributed by atoms with Crippen LogP contribution >= 0.6 is 0 Å². The van der Waals surface area contributed by atoms with Gasteiger partial charge in [0, 0.05) is 11.4 Å². The van der Waals surface area contributed by atoms with Gasteiger partial charge >= 0.3 is 5.97 Å². The molecule has 0 bridgehead atoms. The fraction of sp³-hybridized carbons (Fsp3) is 0.455. The van der Waals surface area contributed by atoms with Crippen LogP contribution in [0.2, 0.25) is 0 Å². The van der Waals surface area contributed by atoms with Crippen molar-refractivity contribution in [3.8, 4) is 11.1 Å². The van der Waals surface area contributed by atoms with E-state index in [0.29, 0.717) is 6.61 Å². The molecule has 26 heavy (non-hydrogen) atoms. The van der Waals surface area contributed by atoms with Gasteiger partial charge < -0.3 is 9.47 Å². The highest BCUT2D eigenvalue weighted by Crippen LogP contribution is 2.37. The van der Waals surface area contributed by atoms with Crippen LogP contribution in [0.4, 0.5) is 0 Å². The van der Waals surface area contributed by atoms with E-state index in [4.69, 9.17) is 14.5 Å². The minimum Gasteiger partial charge on any atom is -0.469 e. The van der Waals surface area contributed by atoms with E-state index in [1.807, 2.05) is 6.92 Å². The van der Waals surface area contributed by atoms with Crippen molar-refractivity contribution >= 4 is 5.97 Å². The molecule has 0 amide bonds. The molecule has 1 aromatic heterocycles. The molecular formula is C22H25NO3. The summed E-state index contributed by atoms with van der Waals surface area (Å²) in [5.41, 5.74) is 9.55. The zero-order valence-corrected chi connectivity index (χ0v) is 15.6. The van der Waals surface area contributed by atoms with Gasteiger partial charge in [0.15, 0.2) is 0 Å². The van der Waals surface area contributed by atoms with E-state index in [-0.39, 0.29) is 12.4 Å². The summed E-state index contributed by atoms with van der Waals surface area (Å²) in [5, 5.41) is 0. The number of pyridine rings is 1. The van der Waals surface area contributed by atoms with Crippen molar-refractivity contribution in [3.05, 3.63) is 51.8 Å². The Morgan fingerprint density at radius 3 is 2.88 bits per heavy atom. The predicted octanol–water partition coefficient (Wildman–Crippen LogP) is 3.72. The normalized spacial score (nSPS) is 15.9. The summed E-state index contributed by atoms with van der Waals surface area (Å²) in [5.74, 6) is -0.210. The lowest BCUT2D eigenvalue weighted by Gasteiger charge is -2.24. The van der Waals surface area contributed by atoms with Crippen molar-refractivity contribution in [1.29, 1.82) is 0 Å². The van der Waals surface area contributed by atoms with Gasteiger partial charge in [-0.05, 0) is 72.4 Å². The van der Waals surface area contributed by atoms with Gasteiger partial charge in [-0.3, -0.25) is 9.78 Å². The highest BCUT2D eigenvalue weighted by Gasteiger charge is 2.23. The predicted molar refractivity (Wildman–Crippen MR) is 100 cm³/mol. The lowest BCUT2D eigenvalue weighted by Crippen LogP contribution is -2.15. The molecule has 2 aromatic rings. The van der Waals surface area contributed by atoms with Crippen LogP contribution in [-0.4, -0.2) is 24.7 Å². The SMILES string of the molecule is COC(=O)Cc1c(C)nc2c(c1-c1ccc3c(c1)CCOC3)CCCC2. The van der Waals surface area contributed by atoms with Gasteiger partial charge in [-0.15, -0.1) is 0 Å². The molecule has 1 aliphatic heterocycles. The van der Waals surface area contributed by atoms with Gasteiger partial charge in [0.1, 0.15) is 0 Å². The first-order valence-electron chi connectivity index (χ1n) is 9.45. The van der Waals surface area contributed by atoms with E-state index in [2.05, 4.69) is 18.2 Å². The molecule has 0 fully saturated rings. The fourth-order valence-corrected chi connectivity index (χ4v) is 4.22. The molecule has 0 N–H and O–H groups in total. The van der Waals surface area contributed by atoms with Crippen molar-refractivity contribution in [1.82, 2.24) is 4.98 Å². The average molecular weight is 351 g/mol. The molecule has 0 radical (unpaired) electrons. The maximum Gasteiger partial charge on any atom is 0.310 e. The van der Waals surface area contributed by atoms with E-state index in [1.54, 1.807) is 0 Å². The quantitative estimate of drug-likeness (QED) is 0.791. The van der Waals surface area contributed by atoms with Crippen LogP contribution in [0.1, 0.15) is 46.5 Å². The molecule has 136 valence electrons. The van der Waals surface area contributed by atoms with E-state index < -0.39 is 0 Å². The molecule has 2 heterocycles. The summed E-state index contributed by atoms with van der Waals surface area (Å²) >= 11 is 0. The van der Waals surface area contributed by atoms with Crippen LogP contribution in [0.3, 0.4) is 0 Å². The number of carbonyl (C=O) groups excluding carboxylic acids is 1. The van der Waals surface area contributed by atoms with E-state index in [1.165, 1.54) is 53.5 Å². The van der Waals surface area contributed by atoms with Crippen LogP contribution in [0.5, 0.6) is 0 Å². The summed E-state index contributed by atoms with van der Waals surface area (Å²) in [6, 6.07) is 6.65. The second kappa shape index (κ2) is 7.20. The van der Waals surface area contributed by atoms with Crippen LogP contribution in [0.25, 0.3) is 11.1 Å². The summed E-state index contributed by atoms with van der Waals surface area (Å²) < 4.78 is 10.5. The van der Waals surface area contributed by atoms with Crippen molar-refractivity contribution < 1.29 is 14.3 Å². The maximum atomic E-state index is 12.1. The number of esters is 1. The summed E-state index contributed by atoms with van der Waals surface area (Å²) in [6.07, 6.45) is 5.66. The topological polar surface area (TPSA) is 48.4 Å². The Kier molecular flexibility index (Phi) is 4.77. The molecule has 1 aromatic carbocycles. The summed E-state index contributed by atoms with van der Waals surface area (Å²) in [4.78, 5) is 16.9.